The Kier molecular flexibility index (Phi) is 7.08. The van der Waals surface area contributed by atoms with Crippen molar-refractivity contribution in [2.75, 3.05) is 7.11 Å². The lowest BCUT2D eigenvalue weighted by Gasteiger charge is -2.17. The Morgan fingerprint density at radius 1 is 1.20 bits per heavy atom. The van der Waals surface area contributed by atoms with Crippen LogP contribution in [0.4, 0.5) is 5.69 Å². The van der Waals surface area contributed by atoms with E-state index in [0.717, 1.165) is 10.7 Å². The lowest BCUT2D eigenvalue weighted by molar-refractivity contribution is -0.384. The van der Waals surface area contributed by atoms with Gasteiger partial charge in [-0.05, 0) is 24.6 Å². The average Bonchev–Trinajstić information content (AvgIpc) is 3.16. The summed E-state index contributed by atoms with van der Waals surface area (Å²) < 4.78 is 13.4. The Balaban J connectivity index is 1.75. The Morgan fingerprint density at radius 2 is 1.90 bits per heavy atom. The van der Waals surface area contributed by atoms with E-state index in [9.17, 15) is 10.1 Å². The van der Waals surface area contributed by atoms with Gasteiger partial charge in [0.15, 0.2) is 28.6 Å². The molecule has 0 N–H and O–H groups in total. The van der Waals surface area contributed by atoms with E-state index in [1.165, 1.54) is 23.9 Å². The van der Waals surface area contributed by atoms with Gasteiger partial charge >= 0.3 is 0 Å². The molecule has 0 fully saturated rings. The first kappa shape index (κ1) is 21.4. The van der Waals surface area contributed by atoms with Crippen molar-refractivity contribution in [1.29, 1.82) is 0 Å². The molecule has 0 amide bonds. The molecule has 0 saturated carbocycles. The molecular weight excluding hydrogens is 404 g/mol. The van der Waals surface area contributed by atoms with Gasteiger partial charge in [0.25, 0.3) is 5.69 Å². The molecule has 0 aliphatic rings. The van der Waals surface area contributed by atoms with E-state index in [2.05, 4.69) is 16.8 Å². The van der Waals surface area contributed by atoms with Crippen LogP contribution < -0.4 is 9.47 Å². The molecule has 0 spiro atoms. The van der Waals surface area contributed by atoms with Gasteiger partial charge in [0.05, 0.1) is 12.0 Å². The van der Waals surface area contributed by atoms with Crippen molar-refractivity contribution >= 4 is 17.4 Å². The van der Waals surface area contributed by atoms with Gasteiger partial charge in [-0.3, -0.25) is 14.7 Å². The zero-order valence-corrected chi connectivity index (χ0v) is 17.5. The third kappa shape index (κ3) is 4.98. The van der Waals surface area contributed by atoms with Crippen molar-refractivity contribution in [3.63, 3.8) is 0 Å². The highest BCUT2D eigenvalue weighted by molar-refractivity contribution is 7.98. The minimum Gasteiger partial charge on any atom is -0.493 e. The van der Waals surface area contributed by atoms with E-state index in [1.807, 2.05) is 35.8 Å². The van der Waals surface area contributed by atoms with Crippen LogP contribution in [0, 0.1) is 10.1 Å². The number of nitrogens with zero attached hydrogens (tertiary/aromatic N) is 4. The van der Waals surface area contributed by atoms with E-state index >= 15 is 0 Å². The van der Waals surface area contributed by atoms with Gasteiger partial charge in [0.2, 0.25) is 0 Å². The van der Waals surface area contributed by atoms with Crippen LogP contribution in [0.5, 0.6) is 11.5 Å². The summed E-state index contributed by atoms with van der Waals surface area (Å²) in [7, 11) is 1.60. The number of rotatable bonds is 10. The Hall–Kier alpha value is -3.33. The quantitative estimate of drug-likeness (QED) is 0.199. The summed E-state index contributed by atoms with van der Waals surface area (Å²) in [5.41, 5.74) is 1.03. The molecule has 1 aromatic heterocycles. The molecule has 0 saturated heterocycles. The number of benzene rings is 2. The second-order valence-corrected chi connectivity index (χ2v) is 7.31. The SMILES string of the molecule is C=CCn1c(SCc2ccc([N+](=O)[O-])cc2)nnc1C(C)Oc1ccccc1OC. The van der Waals surface area contributed by atoms with Gasteiger partial charge in [-0.1, -0.05) is 42.1 Å². The van der Waals surface area contributed by atoms with Crippen LogP contribution in [0.3, 0.4) is 0 Å². The van der Waals surface area contributed by atoms with Crippen LogP contribution in [0.25, 0.3) is 0 Å². The summed E-state index contributed by atoms with van der Waals surface area (Å²) in [6.45, 7) is 6.26. The molecule has 156 valence electrons. The highest BCUT2D eigenvalue weighted by Gasteiger charge is 2.20. The predicted octanol–water partition coefficient (Wildman–Crippen LogP) is 4.81. The Bertz CT molecular complexity index is 1020. The number of allylic oxidation sites excluding steroid dienone is 1. The number of ether oxygens (including phenoxy) is 2. The third-order valence-electron chi connectivity index (χ3n) is 4.31. The molecule has 0 bridgehead atoms. The summed E-state index contributed by atoms with van der Waals surface area (Å²) in [5.74, 6) is 2.55. The molecule has 3 aromatic rings. The van der Waals surface area contributed by atoms with Crippen molar-refractivity contribution < 1.29 is 14.4 Å². The van der Waals surface area contributed by atoms with Crippen LogP contribution in [-0.4, -0.2) is 26.8 Å². The van der Waals surface area contributed by atoms with Crippen molar-refractivity contribution in [2.45, 2.75) is 30.5 Å². The number of methoxy groups -OCH3 is 1. The zero-order chi connectivity index (χ0) is 21.5. The van der Waals surface area contributed by atoms with Gasteiger partial charge < -0.3 is 9.47 Å². The van der Waals surface area contributed by atoms with Crippen molar-refractivity contribution in [1.82, 2.24) is 14.8 Å². The molecule has 8 nitrogen and oxygen atoms in total. The smallest absolute Gasteiger partial charge is 0.269 e. The molecule has 30 heavy (non-hydrogen) atoms. The number of aromatic nitrogens is 3. The zero-order valence-electron chi connectivity index (χ0n) is 16.7. The fourth-order valence-electron chi connectivity index (χ4n) is 2.83. The van der Waals surface area contributed by atoms with Crippen molar-refractivity contribution in [3.05, 3.63) is 82.7 Å². The molecular formula is C21H22N4O4S. The van der Waals surface area contributed by atoms with E-state index in [0.29, 0.717) is 29.6 Å². The summed E-state index contributed by atoms with van der Waals surface area (Å²) in [4.78, 5) is 10.4. The van der Waals surface area contributed by atoms with E-state index in [4.69, 9.17) is 9.47 Å². The number of non-ortho nitro benzene ring substituents is 1. The highest BCUT2D eigenvalue weighted by atomic mass is 32.2. The second-order valence-electron chi connectivity index (χ2n) is 6.36. The predicted molar refractivity (Wildman–Crippen MR) is 115 cm³/mol. The van der Waals surface area contributed by atoms with Crippen LogP contribution in [0.2, 0.25) is 0 Å². The van der Waals surface area contributed by atoms with Gasteiger partial charge in [-0.15, -0.1) is 16.8 Å². The van der Waals surface area contributed by atoms with E-state index < -0.39 is 4.92 Å². The fourth-order valence-corrected chi connectivity index (χ4v) is 3.74. The lowest BCUT2D eigenvalue weighted by Crippen LogP contribution is -2.12. The highest BCUT2D eigenvalue weighted by Crippen LogP contribution is 2.31. The fraction of sp³-hybridized carbons (Fsp3) is 0.238. The maximum Gasteiger partial charge on any atom is 0.269 e. The monoisotopic (exact) mass is 426 g/mol. The van der Waals surface area contributed by atoms with Gasteiger partial charge in [-0.25, -0.2) is 0 Å². The van der Waals surface area contributed by atoms with E-state index in [-0.39, 0.29) is 11.8 Å². The van der Waals surface area contributed by atoms with Crippen LogP contribution in [0.1, 0.15) is 24.4 Å². The van der Waals surface area contributed by atoms with Crippen LogP contribution in [-0.2, 0) is 12.3 Å². The first-order chi connectivity index (χ1) is 14.5. The average molecular weight is 426 g/mol. The molecule has 1 heterocycles. The first-order valence-electron chi connectivity index (χ1n) is 9.23. The number of thioether (sulfide) groups is 1. The molecule has 2 aromatic carbocycles. The molecule has 1 unspecified atom stereocenters. The maximum atomic E-state index is 10.8. The standard InChI is InChI=1S/C21H22N4O4S/c1-4-13-24-20(15(2)29-19-8-6-5-7-18(19)28-3)22-23-21(24)30-14-16-9-11-17(12-10-16)25(26)27/h4-12,15H,1,13-14H2,2-3H3. The number of nitro groups is 1. The maximum absolute atomic E-state index is 10.8. The topological polar surface area (TPSA) is 92.3 Å². The lowest BCUT2D eigenvalue weighted by atomic mass is 10.2. The van der Waals surface area contributed by atoms with Crippen LogP contribution >= 0.6 is 11.8 Å². The van der Waals surface area contributed by atoms with Crippen molar-refractivity contribution in [3.8, 4) is 11.5 Å². The van der Waals surface area contributed by atoms with Gasteiger partial charge in [0.1, 0.15) is 0 Å². The minimum absolute atomic E-state index is 0.0724. The second kappa shape index (κ2) is 9.93. The number of hydrogen-bond acceptors (Lipinski definition) is 7. The molecule has 0 aliphatic carbocycles. The molecule has 3 rings (SSSR count). The summed E-state index contributed by atoms with van der Waals surface area (Å²) >= 11 is 1.50. The van der Waals surface area contributed by atoms with Gasteiger partial charge in [-0.2, -0.15) is 0 Å². The molecule has 1 atom stereocenters. The minimum atomic E-state index is -0.410. The third-order valence-corrected chi connectivity index (χ3v) is 5.35. The molecule has 9 heteroatoms. The summed E-state index contributed by atoms with van der Waals surface area (Å²) in [5, 5.41) is 20.2. The van der Waals surface area contributed by atoms with Gasteiger partial charge in [0, 0.05) is 24.4 Å². The molecule has 0 radical (unpaired) electrons. The Labute approximate surface area is 178 Å². The Morgan fingerprint density at radius 3 is 2.53 bits per heavy atom. The first-order valence-corrected chi connectivity index (χ1v) is 10.2. The molecule has 0 aliphatic heterocycles. The number of hydrogen-bond donors (Lipinski definition) is 0. The largest absolute Gasteiger partial charge is 0.493 e. The number of nitro benzene ring substituents is 1. The summed E-state index contributed by atoms with van der Waals surface area (Å²) in [6.07, 6.45) is 1.42. The number of para-hydroxylation sites is 2. The van der Waals surface area contributed by atoms with Crippen molar-refractivity contribution in [2.24, 2.45) is 0 Å². The normalized spacial score (nSPS) is 11.7. The van der Waals surface area contributed by atoms with Crippen LogP contribution in [0.15, 0.2) is 66.3 Å². The summed E-state index contributed by atoms with van der Waals surface area (Å²) in [6, 6.07) is 13.9. The van der Waals surface area contributed by atoms with E-state index in [1.54, 1.807) is 25.3 Å².